The quantitative estimate of drug-likeness (QED) is 0.426. The van der Waals surface area contributed by atoms with Crippen molar-refractivity contribution >= 4 is 5.97 Å². The average Bonchev–Trinajstić information content (AvgIpc) is 2.91. The van der Waals surface area contributed by atoms with Crippen molar-refractivity contribution in [2.45, 2.75) is 5.60 Å². The molecule has 2 aliphatic heterocycles. The Bertz CT molecular complexity index is 1100. The van der Waals surface area contributed by atoms with Gasteiger partial charge in [-0.25, -0.2) is 4.79 Å². The van der Waals surface area contributed by atoms with Gasteiger partial charge >= 0.3 is 5.97 Å². The van der Waals surface area contributed by atoms with Crippen LogP contribution >= 0.6 is 0 Å². The second-order valence-electron chi connectivity index (χ2n) is 6.24. The van der Waals surface area contributed by atoms with E-state index >= 15 is 0 Å². The molecule has 1 unspecified atom stereocenters. The normalized spacial score (nSPS) is 19.3. The zero-order valence-electron chi connectivity index (χ0n) is 13.3. The van der Waals surface area contributed by atoms with Gasteiger partial charge in [0.05, 0.1) is 11.1 Å². The predicted molar refractivity (Wildman–Crippen MR) is 89.7 cm³/mol. The fraction of sp³-hybridized carbons (Fsp3) is 0.0500. The highest BCUT2D eigenvalue weighted by Crippen LogP contribution is 2.57. The fourth-order valence-electron chi connectivity index (χ4n) is 3.68. The molecule has 2 heterocycles. The lowest BCUT2D eigenvalue weighted by atomic mass is 9.77. The molecule has 0 aliphatic carbocycles. The summed E-state index contributed by atoms with van der Waals surface area (Å²) in [7, 11) is 0. The number of fused-ring (bicyclic) bond motifs is 6. The van der Waals surface area contributed by atoms with Crippen LogP contribution in [0.1, 0.15) is 27.0 Å². The zero-order chi connectivity index (χ0) is 18.1. The molecule has 26 heavy (non-hydrogen) atoms. The number of phenolic OH excluding ortho intramolecular Hbond substituents is 3. The fourth-order valence-corrected chi connectivity index (χ4v) is 3.68. The molecule has 3 aromatic rings. The Hall–Kier alpha value is -3.67. The standard InChI is InChI=1S/C20H12O6/c21-10-5-6-13-17(7-10)25-18-9-16(23)15(22)8-14(18)20(13)12-4-2-1-3-11(12)19(24)26-20/h1-9,21-23H. The number of phenols is 3. The Morgan fingerprint density at radius 1 is 0.769 bits per heavy atom. The summed E-state index contributed by atoms with van der Waals surface area (Å²) in [5.41, 5.74) is 0.587. The summed E-state index contributed by atoms with van der Waals surface area (Å²) in [4.78, 5) is 12.6. The number of ether oxygens (including phenoxy) is 2. The maximum atomic E-state index is 12.6. The monoisotopic (exact) mass is 348 g/mol. The summed E-state index contributed by atoms with van der Waals surface area (Å²) in [6.07, 6.45) is 0. The van der Waals surface area contributed by atoms with Gasteiger partial charge in [0.15, 0.2) is 17.1 Å². The maximum absolute atomic E-state index is 12.6. The first kappa shape index (κ1) is 14.7. The minimum absolute atomic E-state index is 0.0111. The zero-order valence-corrected chi connectivity index (χ0v) is 13.3. The van der Waals surface area contributed by atoms with E-state index in [1.807, 2.05) is 0 Å². The van der Waals surface area contributed by atoms with Gasteiger partial charge in [0.25, 0.3) is 0 Å². The van der Waals surface area contributed by atoms with E-state index in [9.17, 15) is 20.1 Å². The van der Waals surface area contributed by atoms with Crippen LogP contribution in [0.4, 0.5) is 0 Å². The van der Waals surface area contributed by atoms with Gasteiger partial charge in [-0.2, -0.15) is 0 Å². The molecule has 0 radical (unpaired) electrons. The third-order valence-electron chi connectivity index (χ3n) is 4.79. The van der Waals surface area contributed by atoms with Crippen molar-refractivity contribution in [2.75, 3.05) is 0 Å². The lowest BCUT2D eigenvalue weighted by Gasteiger charge is -2.36. The smallest absolute Gasteiger partial charge is 0.340 e. The minimum atomic E-state index is -1.34. The summed E-state index contributed by atoms with van der Waals surface area (Å²) in [6.45, 7) is 0. The Labute approximate surface area is 147 Å². The molecule has 2 aliphatic rings. The van der Waals surface area contributed by atoms with E-state index in [-0.39, 0.29) is 23.0 Å². The highest BCUT2D eigenvalue weighted by atomic mass is 16.6. The summed E-state index contributed by atoms with van der Waals surface area (Å²) in [5.74, 6) is -0.701. The van der Waals surface area contributed by atoms with E-state index in [2.05, 4.69) is 0 Å². The van der Waals surface area contributed by atoms with Crippen LogP contribution in [0, 0.1) is 0 Å². The molecule has 1 spiro atoms. The molecule has 6 nitrogen and oxygen atoms in total. The third-order valence-corrected chi connectivity index (χ3v) is 4.79. The van der Waals surface area contributed by atoms with Crippen molar-refractivity contribution < 1.29 is 29.6 Å². The first-order valence-electron chi connectivity index (χ1n) is 7.91. The molecule has 0 amide bonds. The van der Waals surface area contributed by atoms with Crippen LogP contribution in [-0.4, -0.2) is 21.3 Å². The van der Waals surface area contributed by atoms with E-state index < -0.39 is 11.6 Å². The van der Waals surface area contributed by atoms with Gasteiger partial charge in [-0.15, -0.1) is 0 Å². The lowest BCUT2D eigenvalue weighted by Crippen LogP contribution is -2.32. The highest BCUT2D eigenvalue weighted by Gasteiger charge is 2.53. The van der Waals surface area contributed by atoms with Crippen LogP contribution in [0.5, 0.6) is 28.7 Å². The van der Waals surface area contributed by atoms with Gasteiger partial charge in [0, 0.05) is 23.3 Å². The van der Waals surface area contributed by atoms with Crippen molar-refractivity contribution in [3.63, 3.8) is 0 Å². The van der Waals surface area contributed by atoms with Crippen LogP contribution in [-0.2, 0) is 10.3 Å². The molecule has 1 atom stereocenters. The molecule has 0 fully saturated rings. The van der Waals surface area contributed by atoms with Gasteiger partial charge < -0.3 is 24.8 Å². The van der Waals surface area contributed by atoms with Crippen LogP contribution in [0.3, 0.4) is 0 Å². The van der Waals surface area contributed by atoms with Gasteiger partial charge in [0.1, 0.15) is 17.2 Å². The minimum Gasteiger partial charge on any atom is -0.508 e. The van der Waals surface area contributed by atoms with Gasteiger partial charge in [-0.1, -0.05) is 18.2 Å². The Balaban J connectivity index is 1.92. The second-order valence-corrected chi connectivity index (χ2v) is 6.24. The number of aromatic hydroxyl groups is 3. The summed E-state index contributed by atoms with van der Waals surface area (Å²) >= 11 is 0. The molecular formula is C20H12O6. The topological polar surface area (TPSA) is 96.2 Å². The van der Waals surface area contributed by atoms with Crippen molar-refractivity contribution in [3.05, 3.63) is 76.9 Å². The summed E-state index contributed by atoms with van der Waals surface area (Å²) in [5, 5.41) is 29.7. The van der Waals surface area contributed by atoms with E-state index in [1.165, 1.54) is 24.3 Å². The van der Waals surface area contributed by atoms with Crippen molar-refractivity contribution in [1.29, 1.82) is 0 Å². The van der Waals surface area contributed by atoms with Gasteiger partial charge in [-0.05, 0) is 24.3 Å². The molecule has 0 bridgehead atoms. The van der Waals surface area contributed by atoms with Crippen LogP contribution in [0.25, 0.3) is 0 Å². The number of rotatable bonds is 0. The van der Waals surface area contributed by atoms with Gasteiger partial charge in [-0.3, -0.25) is 0 Å². The highest BCUT2D eigenvalue weighted by molar-refractivity contribution is 5.97. The first-order chi connectivity index (χ1) is 12.5. The molecular weight excluding hydrogens is 336 g/mol. The largest absolute Gasteiger partial charge is 0.508 e. The number of esters is 1. The second kappa shape index (κ2) is 4.70. The number of hydrogen-bond donors (Lipinski definition) is 3. The lowest BCUT2D eigenvalue weighted by molar-refractivity contribution is 0.0223. The Kier molecular flexibility index (Phi) is 2.65. The predicted octanol–water partition coefficient (Wildman–Crippen LogP) is 3.37. The van der Waals surface area contributed by atoms with E-state index in [0.29, 0.717) is 28.0 Å². The number of carbonyl (C=O) groups excluding carboxylic acids is 1. The molecule has 128 valence electrons. The van der Waals surface area contributed by atoms with Crippen molar-refractivity contribution in [1.82, 2.24) is 0 Å². The maximum Gasteiger partial charge on any atom is 0.340 e. The summed E-state index contributed by atoms with van der Waals surface area (Å²) < 4.78 is 11.7. The SMILES string of the molecule is O=C1OC2(c3ccc(O)cc3Oc3cc(O)c(O)cc32)c2ccccc21. The van der Waals surface area contributed by atoms with Crippen LogP contribution in [0.2, 0.25) is 0 Å². The number of hydrogen-bond acceptors (Lipinski definition) is 6. The molecule has 5 rings (SSSR count). The third kappa shape index (κ3) is 1.68. The molecule has 0 saturated carbocycles. The number of carbonyl (C=O) groups is 1. The van der Waals surface area contributed by atoms with Gasteiger partial charge in [0.2, 0.25) is 0 Å². The number of benzene rings is 3. The van der Waals surface area contributed by atoms with E-state index in [0.717, 1.165) is 0 Å². The van der Waals surface area contributed by atoms with E-state index in [1.54, 1.807) is 30.3 Å². The van der Waals surface area contributed by atoms with Crippen molar-refractivity contribution in [2.24, 2.45) is 0 Å². The van der Waals surface area contributed by atoms with Crippen molar-refractivity contribution in [3.8, 4) is 28.7 Å². The average molecular weight is 348 g/mol. The van der Waals surface area contributed by atoms with E-state index in [4.69, 9.17) is 9.47 Å². The Morgan fingerprint density at radius 2 is 1.50 bits per heavy atom. The van der Waals surface area contributed by atoms with Crippen LogP contribution < -0.4 is 4.74 Å². The molecule has 3 aromatic carbocycles. The first-order valence-corrected chi connectivity index (χ1v) is 7.91. The Morgan fingerprint density at radius 3 is 2.35 bits per heavy atom. The molecule has 0 aromatic heterocycles. The van der Waals surface area contributed by atoms with Crippen LogP contribution in [0.15, 0.2) is 54.6 Å². The molecule has 6 heteroatoms. The molecule has 3 N–H and O–H groups in total. The molecule has 0 saturated heterocycles. The summed E-state index contributed by atoms with van der Waals surface area (Å²) in [6, 6.07) is 14.1.